The van der Waals surface area contributed by atoms with Gasteiger partial charge in [-0.3, -0.25) is 0 Å². The number of aryl methyl sites for hydroxylation is 3. The molecule has 0 unspecified atom stereocenters. The molecule has 1 saturated heterocycles. The SMILES string of the molecule is Cc1cc([C@@H]2CCCCN2c2nc3c(s2)c(C)nn3C)no1. The molecule has 0 bridgehead atoms. The third-order valence-corrected chi connectivity index (χ3v) is 5.46. The quantitative estimate of drug-likeness (QED) is 0.725. The Morgan fingerprint density at radius 3 is 2.91 bits per heavy atom. The van der Waals surface area contributed by atoms with Crippen LogP contribution in [0.3, 0.4) is 0 Å². The molecule has 0 saturated carbocycles. The number of aromatic nitrogens is 4. The fourth-order valence-electron chi connectivity index (χ4n) is 3.21. The minimum atomic E-state index is 0.264. The van der Waals surface area contributed by atoms with E-state index in [2.05, 4.69) is 15.2 Å². The van der Waals surface area contributed by atoms with Crippen LogP contribution < -0.4 is 4.90 Å². The Labute approximate surface area is 132 Å². The molecule has 1 atom stereocenters. The molecule has 4 heterocycles. The van der Waals surface area contributed by atoms with Crippen LogP contribution in [0.25, 0.3) is 10.3 Å². The topological polar surface area (TPSA) is 60.0 Å². The van der Waals surface area contributed by atoms with Crippen LogP contribution in [0.5, 0.6) is 0 Å². The van der Waals surface area contributed by atoms with Gasteiger partial charge in [0.2, 0.25) is 0 Å². The fraction of sp³-hybridized carbons (Fsp3) is 0.533. The molecular weight excluding hydrogens is 298 g/mol. The van der Waals surface area contributed by atoms with Gasteiger partial charge in [-0.05, 0) is 33.1 Å². The van der Waals surface area contributed by atoms with Crippen molar-refractivity contribution in [3.63, 3.8) is 0 Å². The highest BCUT2D eigenvalue weighted by Crippen LogP contribution is 2.39. The van der Waals surface area contributed by atoms with Gasteiger partial charge in [0, 0.05) is 19.7 Å². The first-order chi connectivity index (χ1) is 10.6. The van der Waals surface area contributed by atoms with E-state index < -0.39 is 0 Å². The number of anilines is 1. The summed E-state index contributed by atoms with van der Waals surface area (Å²) in [6.45, 7) is 5.00. The molecule has 7 heteroatoms. The monoisotopic (exact) mass is 317 g/mol. The fourth-order valence-corrected chi connectivity index (χ4v) is 4.32. The predicted octanol–water partition coefficient (Wildman–Crippen LogP) is 3.37. The van der Waals surface area contributed by atoms with Crippen LogP contribution in [0.4, 0.5) is 5.13 Å². The summed E-state index contributed by atoms with van der Waals surface area (Å²) in [6, 6.07) is 2.31. The van der Waals surface area contributed by atoms with Gasteiger partial charge in [0.05, 0.1) is 16.4 Å². The van der Waals surface area contributed by atoms with Crippen molar-refractivity contribution in [2.24, 2.45) is 7.05 Å². The Balaban J connectivity index is 1.75. The number of thiazole rings is 1. The Morgan fingerprint density at radius 1 is 1.32 bits per heavy atom. The number of rotatable bonds is 2. The molecule has 0 radical (unpaired) electrons. The molecule has 3 aromatic rings. The van der Waals surface area contributed by atoms with E-state index in [4.69, 9.17) is 9.51 Å². The third kappa shape index (κ3) is 2.11. The summed E-state index contributed by atoms with van der Waals surface area (Å²) in [5, 5.41) is 9.74. The van der Waals surface area contributed by atoms with Crippen LogP contribution in [0.2, 0.25) is 0 Å². The summed E-state index contributed by atoms with van der Waals surface area (Å²) in [5.41, 5.74) is 3.04. The Bertz CT molecular complexity index is 783. The number of nitrogens with zero attached hydrogens (tertiary/aromatic N) is 5. The summed E-state index contributed by atoms with van der Waals surface area (Å²) < 4.78 is 8.32. The van der Waals surface area contributed by atoms with E-state index in [0.29, 0.717) is 0 Å². The van der Waals surface area contributed by atoms with Crippen molar-refractivity contribution >= 4 is 26.8 Å². The molecule has 0 N–H and O–H groups in total. The maximum Gasteiger partial charge on any atom is 0.188 e. The summed E-state index contributed by atoms with van der Waals surface area (Å²) in [7, 11) is 1.95. The van der Waals surface area contributed by atoms with Gasteiger partial charge in [0.15, 0.2) is 10.8 Å². The molecule has 0 aromatic carbocycles. The molecule has 6 nitrogen and oxygen atoms in total. The van der Waals surface area contributed by atoms with Crippen molar-refractivity contribution in [2.45, 2.75) is 39.2 Å². The normalized spacial score (nSPS) is 19.2. The lowest BCUT2D eigenvalue weighted by Crippen LogP contribution is -2.33. The summed E-state index contributed by atoms with van der Waals surface area (Å²) >= 11 is 1.73. The highest BCUT2D eigenvalue weighted by molar-refractivity contribution is 7.22. The average molecular weight is 317 g/mol. The van der Waals surface area contributed by atoms with E-state index in [1.807, 2.05) is 31.6 Å². The van der Waals surface area contributed by atoms with Gasteiger partial charge in [-0.1, -0.05) is 16.5 Å². The molecule has 22 heavy (non-hydrogen) atoms. The van der Waals surface area contributed by atoms with Crippen LogP contribution in [-0.4, -0.2) is 26.5 Å². The Morgan fingerprint density at radius 2 is 2.18 bits per heavy atom. The number of hydrogen-bond donors (Lipinski definition) is 0. The molecule has 1 aliphatic rings. The molecule has 116 valence electrons. The molecule has 0 spiro atoms. The van der Waals surface area contributed by atoms with E-state index in [0.717, 1.165) is 40.9 Å². The third-order valence-electron chi connectivity index (χ3n) is 4.27. The molecule has 0 aliphatic carbocycles. The lowest BCUT2D eigenvalue weighted by atomic mass is 10.00. The van der Waals surface area contributed by atoms with E-state index in [9.17, 15) is 0 Å². The number of fused-ring (bicyclic) bond motifs is 1. The van der Waals surface area contributed by atoms with Gasteiger partial charge < -0.3 is 9.42 Å². The minimum absolute atomic E-state index is 0.264. The van der Waals surface area contributed by atoms with Crippen molar-refractivity contribution in [1.82, 2.24) is 19.9 Å². The van der Waals surface area contributed by atoms with Crippen LogP contribution >= 0.6 is 11.3 Å². The van der Waals surface area contributed by atoms with E-state index in [-0.39, 0.29) is 6.04 Å². The molecule has 1 fully saturated rings. The largest absolute Gasteiger partial charge is 0.361 e. The smallest absolute Gasteiger partial charge is 0.188 e. The van der Waals surface area contributed by atoms with Crippen LogP contribution in [0.15, 0.2) is 10.6 Å². The minimum Gasteiger partial charge on any atom is -0.361 e. The van der Waals surface area contributed by atoms with Gasteiger partial charge in [-0.15, -0.1) is 0 Å². The zero-order valence-electron chi connectivity index (χ0n) is 13.0. The van der Waals surface area contributed by atoms with Gasteiger partial charge in [-0.25, -0.2) is 9.67 Å². The second-order valence-corrected chi connectivity index (χ2v) is 6.90. The average Bonchev–Trinajstić information content (AvgIpc) is 3.18. The molecule has 3 aromatic heterocycles. The maximum atomic E-state index is 5.28. The summed E-state index contributed by atoms with van der Waals surface area (Å²) in [4.78, 5) is 7.21. The first-order valence-corrected chi connectivity index (χ1v) is 8.45. The van der Waals surface area contributed by atoms with Crippen molar-refractivity contribution in [1.29, 1.82) is 0 Å². The first-order valence-electron chi connectivity index (χ1n) is 7.63. The summed E-state index contributed by atoms with van der Waals surface area (Å²) in [5.74, 6) is 0.866. The Kier molecular flexibility index (Phi) is 3.18. The summed E-state index contributed by atoms with van der Waals surface area (Å²) in [6.07, 6.45) is 3.51. The lowest BCUT2D eigenvalue weighted by Gasteiger charge is -2.34. The van der Waals surface area contributed by atoms with Crippen molar-refractivity contribution < 1.29 is 4.52 Å². The Hall–Kier alpha value is -1.89. The predicted molar refractivity (Wildman–Crippen MR) is 86.3 cm³/mol. The van der Waals surface area contributed by atoms with Crippen molar-refractivity contribution in [3.05, 3.63) is 23.2 Å². The second kappa shape index (κ2) is 5.08. The van der Waals surface area contributed by atoms with Gasteiger partial charge in [0.25, 0.3) is 0 Å². The van der Waals surface area contributed by atoms with E-state index in [1.165, 1.54) is 17.5 Å². The molecule has 0 amide bonds. The van der Waals surface area contributed by atoms with Crippen molar-refractivity contribution in [2.75, 3.05) is 11.4 Å². The molecular formula is C15H19N5OS. The number of piperidine rings is 1. The second-order valence-electron chi connectivity index (χ2n) is 5.93. The maximum absolute atomic E-state index is 5.28. The number of hydrogen-bond acceptors (Lipinski definition) is 6. The highest BCUT2D eigenvalue weighted by atomic mass is 32.1. The van der Waals surface area contributed by atoms with Crippen LogP contribution in [0.1, 0.15) is 42.5 Å². The standard InChI is InChI=1S/C15H19N5OS/c1-9-8-11(18-21-9)12-6-4-5-7-20(12)15-16-14-13(22-15)10(2)17-19(14)3/h8,12H,4-7H2,1-3H3/t12-/m0/s1. The van der Waals surface area contributed by atoms with Crippen LogP contribution in [-0.2, 0) is 7.05 Å². The van der Waals surface area contributed by atoms with E-state index in [1.54, 1.807) is 11.3 Å². The zero-order valence-corrected chi connectivity index (χ0v) is 13.9. The lowest BCUT2D eigenvalue weighted by molar-refractivity contribution is 0.373. The van der Waals surface area contributed by atoms with E-state index >= 15 is 0 Å². The molecule has 4 rings (SSSR count). The van der Waals surface area contributed by atoms with Crippen LogP contribution in [0, 0.1) is 13.8 Å². The first kappa shape index (κ1) is 13.8. The highest BCUT2D eigenvalue weighted by Gasteiger charge is 2.29. The molecule has 1 aliphatic heterocycles. The van der Waals surface area contributed by atoms with Gasteiger partial charge >= 0.3 is 0 Å². The van der Waals surface area contributed by atoms with Crippen molar-refractivity contribution in [3.8, 4) is 0 Å². The zero-order chi connectivity index (χ0) is 15.3. The van der Waals surface area contributed by atoms with Gasteiger partial charge in [0.1, 0.15) is 11.5 Å². The van der Waals surface area contributed by atoms with Gasteiger partial charge in [-0.2, -0.15) is 5.10 Å².